The number of nitrogens with zero attached hydrogens (tertiary/aromatic N) is 2. The molecular weight excluding hydrogens is 254 g/mol. The van der Waals surface area contributed by atoms with Crippen molar-refractivity contribution >= 4 is 17.6 Å². The van der Waals surface area contributed by atoms with Crippen LogP contribution in [0.25, 0.3) is 0 Å². The van der Waals surface area contributed by atoms with Gasteiger partial charge in [0.1, 0.15) is 11.6 Å². The van der Waals surface area contributed by atoms with Crippen molar-refractivity contribution in [2.75, 3.05) is 11.1 Å². The van der Waals surface area contributed by atoms with E-state index < -0.39 is 0 Å². The lowest BCUT2D eigenvalue weighted by Gasteiger charge is -2.15. The highest BCUT2D eigenvalue weighted by molar-refractivity contribution is 7.99. The molecule has 19 heavy (non-hydrogen) atoms. The highest BCUT2D eigenvalue weighted by atomic mass is 32.2. The van der Waals surface area contributed by atoms with Crippen LogP contribution in [0.1, 0.15) is 57.5 Å². The van der Waals surface area contributed by atoms with Crippen LogP contribution in [-0.4, -0.2) is 27.0 Å². The second kappa shape index (κ2) is 6.60. The first-order valence-corrected chi connectivity index (χ1v) is 8.37. The zero-order valence-corrected chi connectivity index (χ0v) is 13.3. The molecule has 4 heteroatoms. The molecule has 0 radical (unpaired) electrons. The normalized spacial score (nSPS) is 23.0. The van der Waals surface area contributed by atoms with Crippen LogP contribution in [0.5, 0.6) is 0 Å². The van der Waals surface area contributed by atoms with Crippen molar-refractivity contribution in [2.24, 2.45) is 0 Å². The molecule has 1 aromatic heterocycles. The molecule has 0 saturated heterocycles. The van der Waals surface area contributed by atoms with E-state index in [1.54, 1.807) is 0 Å². The molecule has 3 nitrogen and oxygen atoms in total. The maximum Gasteiger partial charge on any atom is 0.133 e. The molecule has 1 saturated carbocycles. The molecule has 0 bridgehead atoms. The molecule has 0 amide bonds. The fraction of sp³-hybridized carbons (Fsp3) is 0.733. The van der Waals surface area contributed by atoms with E-state index in [1.165, 1.54) is 25.0 Å². The van der Waals surface area contributed by atoms with Crippen LogP contribution in [0.4, 0.5) is 5.82 Å². The Morgan fingerprint density at radius 2 is 2.16 bits per heavy atom. The topological polar surface area (TPSA) is 37.8 Å². The number of rotatable bonds is 5. The summed E-state index contributed by atoms with van der Waals surface area (Å²) in [5.41, 5.74) is 1.05. The van der Waals surface area contributed by atoms with E-state index in [0.29, 0.717) is 12.0 Å². The van der Waals surface area contributed by atoms with E-state index >= 15 is 0 Å². The third kappa shape index (κ3) is 4.10. The van der Waals surface area contributed by atoms with Crippen molar-refractivity contribution in [1.29, 1.82) is 0 Å². The van der Waals surface area contributed by atoms with Crippen molar-refractivity contribution in [1.82, 2.24) is 9.97 Å². The van der Waals surface area contributed by atoms with E-state index in [0.717, 1.165) is 22.6 Å². The van der Waals surface area contributed by atoms with Gasteiger partial charge < -0.3 is 5.32 Å². The van der Waals surface area contributed by atoms with E-state index in [-0.39, 0.29) is 0 Å². The quantitative estimate of drug-likeness (QED) is 0.884. The summed E-state index contributed by atoms with van der Waals surface area (Å²) < 4.78 is 0. The van der Waals surface area contributed by atoms with Crippen LogP contribution < -0.4 is 5.32 Å². The fourth-order valence-electron chi connectivity index (χ4n) is 2.59. The largest absolute Gasteiger partial charge is 0.367 e. The first-order valence-electron chi connectivity index (χ1n) is 7.32. The van der Waals surface area contributed by atoms with Gasteiger partial charge in [0.05, 0.1) is 0 Å². The van der Waals surface area contributed by atoms with Gasteiger partial charge in [0, 0.05) is 29.0 Å². The van der Waals surface area contributed by atoms with Crippen molar-refractivity contribution in [3.05, 3.63) is 17.6 Å². The average molecular weight is 279 g/mol. The number of hydrogen-bond acceptors (Lipinski definition) is 4. The zero-order chi connectivity index (χ0) is 13.8. The minimum Gasteiger partial charge on any atom is -0.367 e. The van der Waals surface area contributed by atoms with E-state index in [4.69, 9.17) is 0 Å². The molecule has 1 fully saturated rings. The Hall–Kier alpha value is -0.770. The molecule has 1 aliphatic rings. The van der Waals surface area contributed by atoms with Crippen LogP contribution in [-0.2, 0) is 0 Å². The third-order valence-electron chi connectivity index (χ3n) is 3.53. The van der Waals surface area contributed by atoms with Gasteiger partial charge >= 0.3 is 0 Å². The monoisotopic (exact) mass is 279 g/mol. The van der Waals surface area contributed by atoms with Gasteiger partial charge in [0.15, 0.2) is 0 Å². The molecule has 1 N–H and O–H groups in total. The lowest BCUT2D eigenvalue weighted by Crippen LogP contribution is -2.18. The molecule has 2 atom stereocenters. The maximum absolute atomic E-state index is 4.64. The molecule has 106 valence electrons. The molecule has 0 aliphatic heterocycles. The second-order valence-corrected chi connectivity index (χ2v) is 7.22. The Kier molecular flexibility index (Phi) is 5.08. The number of aryl methyl sites for hydroxylation is 1. The highest BCUT2D eigenvalue weighted by Crippen LogP contribution is 2.31. The summed E-state index contributed by atoms with van der Waals surface area (Å²) in [7, 11) is 0. The van der Waals surface area contributed by atoms with Gasteiger partial charge in [-0.3, -0.25) is 0 Å². The standard InChI is InChI=1S/C15H25N3S/c1-5-19-13-7-6-12(9-13)17-14-8-11(4)16-15(18-14)10(2)3/h8,10,12-13H,5-7,9H2,1-4H3,(H,16,17,18). The van der Waals surface area contributed by atoms with Crippen molar-refractivity contribution in [3.8, 4) is 0 Å². The second-order valence-electron chi connectivity index (χ2n) is 5.64. The van der Waals surface area contributed by atoms with Crippen molar-refractivity contribution in [3.63, 3.8) is 0 Å². The molecular formula is C15H25N3S. The van der Waals surface area contributed by atoms with E-state index in [1.807, 2.05) is 6.92 Å². The summed E-state index contributed by atoms with van der Waals surface area (Å²) in [5.74, 6) is 3.55. The SMILES string of the molecule is CCSC1CCC(Nc2cc(C)nc(C(C)C)n2)C1. The smallest absolute Gasteiger partial charge is 0.133 e. The van der Waals surface area contributed by atoms with Crippen molar-refractivity contribution < 1.29 is 0 Å². The summed E-state index contributed by atoms with van der Waals surface area (Å²) in [4.78, 5) is 9.14. The lowest BCUT2D eigenvalue weighted by molar-refractivity contribution is 0.732. The molecule has 1 aliphatic carbocycles. The van der Waals surface area contributed by atoms with Crippen LogP contribution >= 0.6 is 11.8 Å². The third-order valence-corrected chi connectivity index (χ3v) is 4.76. The number of aromatic nitrogens is 2. The molecule has 2 unspecified atom stereocenters. The summed E-state index contributed by atoms with van der Waals surface area (Å²) >= 11 is 2.09. The lowest BCUT2D eigenvalue weighted by atomic mass is 10.2. The summed E-state index contributed by atoms with van der Waals surface area (Å²) in [6, 6.07) is 2.64. The van der Waals surface area contributed by atoms with Gasteiger partial charge in [-0.15, -0.1) is 0 Å². The number of anilines is 1. The first kappa shape index (κ1) is 14.6. The van der Waals surface area contributed by atoms with Crippen LogP contribution in [0, 0.1) is 6.92 Å². The Morgan fingerprint density at radius 1 is 1.37 bits per heavy atom. The van der Waals surface area contributed by atoms with Gasteiger partial charge in [0.25, 0.3) is 0 Å². The molecule has 1 heterocycles. The molecule has 0 aromatic carbocycles. The van der Waals surface area contributed by atoms with Gasteiger partial charge in [-0.2, -0.15) is 11.8 Å². The number of thioether (sulfide) groups is 1. The molecule has 2 rings (SSSR count). The van der Waals surface area contributed by atoms with Gasteiger partial charge in [-0.25, -0.2) is 9.97 Å². The van der Waals surface area contributed by atoms with Gasteiger partial charge in [-0.05, 0) is 31.9 Å². The zero-order valence-electron chi connectivity index (χ0n) is 12.4. The summed E-state index contributed by atoms with van der Waals surface area (Å²) in [5, 5.41) is 4.43. The predicted octanol–water partition coefficient (Wildman–Crippen LogP) is 3.99. The van der Waals surface area contributed by atoms with Gasteiger partial charge in [0.2, 0.25) is 0 Å². The Balaban J connectivity index is 1.99. The fourth-order valence-corrected chi connectivity index (χ4v) is 3.73. The minimum absolute atomic E-state index is 0.382. The highest BCUT2D eigenvalue weighted by Gasteiger charge is 2.24. The van der Waals surface area contributed by atoms with E-state index in [2.05, 4.69) is 53.9 Å². The van der Waals surface area contributed by atoms with Gasteiger partial charge in [-0.1, -0.05) is 20.8 Å². The maximum atomic E-state index is 4.64. The Morgan fingerprint density at radius 3 is 2.84 bits per heavy atom. The number of nitrogens with one attached hydrogen (secondary N) is 1. The Labute approximate surface area is 121 Å². The first-order chi connectivity index (χ1) is 9.08. The average Bonchev–Trinajstić information content (AvgIpc) is 2.76. The van der Waals surface area contributed by atoms with Crippen molar-refractivity contribution in [2.45, 2.75) is 64.2 Å². The van der Waals surface area contributed by atoms with Crippen LogP contribution in [0.15, 0.2) is 6.07 Å². The molecule has 1 aromatic rings. The van der Waals surface area contributed by atoms with Crippen LogP contribution in [0.2, 0.25) is 0 Å². The summed E-state index contributed by atoms with van der Waals surface area (Å²) in [6.07, 6.45) is 3.85. The predicted molar refractivity (Wildman–Crippen MR) is 84.0 cm³/mol. The number of hydrogen-bond donors (Lipinski definition) is 1. The van der Waals surface area contributed by atoms with Crippen LogP contribution in [0.3, 0.4) is 0 Å². The van der Waals surface area contributed by atoms with E-state index in [9.17, 15) is 0 Å². The molecule has 0 spiro atoms. The summed E-state index contributed by atoms with van der Waals surface area (Å²) in [6.45, 7) is 8.57. The Bertz CT molecular complexity index is 420. The minimum atomic E-state index is 0.382.